The number of carbonyl (C=O) groups is 2. The van der Waals surface area contributed by atoms with Crippen LogP contribution in [0.1, 0.15) is 32.3 Å². The van der Waals surface area contributed by atoms with E-state index in [-0.39, 0.29) is 36.2 Å². The lowest BCUT2D eigenvalue weighted by Gasteiger charge is -2.14. The van der Waals surface area contributed by atoms with Gasteiger partial charge in [-0.05, 0) is 44.0 Å². The van der Waals surface area contributed by atoms with Crippen molar-refractivity contribution in [1.82, 2.24) is 5.32 Å². The molecule has 0 saturated carbocycles. The van der Waals surface area contributed by atoms with E-state index in [4.69, 9.17) is 0 Å². The Hall–Kier alpha value is -1.59. The van der Waals surface area contributed by atoms with Crippen LogP contribution in [-0.4, -0.2) is 24.4 Å². The van der Waals surface area contributed by atoms with Crippen LogP contribution in [0.5, 0.6) is 0 Å². The maximum Gasteiger partial charge on any atom is 0.241 e. The molecule has 2 amide bonds. The van der Waals surface area contributed by atoms with E-state index in [1.807, 2.05) is 39.0 Å². The molecule has 1 fully saturated rings. The van der Waals surface area contributed by atoms with Gasteiger partial charge in [0.15, 0.2) is 0 Å². The van der Waals surface area contributed by atoms with Crippen LogP contribution in [0.4, 0.5) is 11.4 Å². The summed E-state index contributed by atoms with van der Waals surface area (Å²) in [5, 5.41) is 8.96. The average Bonchev–Trinajstić information content (AvgIpc) is 2.96. The summed E-state index contributed by atoms with van der Waals surface area (Å²) in [5.74, 6) is -0.123. The SMILES string of the molecule is Cc1ccc(NC(=O)[C@H]2CCCN2)cc1NC(=O)C(C)C.Cl. The number of hydrogen-bond donors (Lipinski definition) is 3. The van der Waals surface area contributed by atoms with Gasteiger partial charge < -0.3 is 16.0 Å². The fourth-order valence-corrected chi connectivity index (χ4v) is 2.25. The van der Waals surface area contributed by atoms with Gasteiger partial charge in [-0.1, -0.05) is 19.9 Å². The van der Waals surface area contributed by atoms with Gasteiger partial charge in [0.1, 0.15) is 0 Å². The molecular formula is C16H24ClN3O2. The van der Waals surface area contributed by atoms with E-state index in [0.717, 1.165) is 30.6 Å². The number of benzene rings is 1. The Labute approximate surface area is 137 Å². The van der Waals surface area contributed by atoms with Crippen molar-refractivity contribution in [3.05, 3.63) is 23.8 Å². The third kappa shape index (κ3) is 4.71. The molecule has 0 unspecified atom stereocenters. The summed E-state index contributed by atoms with van der Waals surface area (Å²) in [4.78, 5) is 23.9. The maximum atomic E-state index is 12.1. The van der Waals surface area contributed by atoms with Crippen LogP contribution in [0.25, 0.3) is 0 Å². The second kappa shape index (κ2) is 8.15. The predicted octanol–water partition coefficient (Wildman–Crippen LogP) is 2.70. The summed E-state index contributed by atoms with van der Waals surface area (Å²) in [6.07, 6.45) is 1.90. The largest absolute Gasteiger partial charge is 0.326 e. The number of carbonyl (C=O) groups excluding carboxylic acids is 2. The van der Waals surface area contributed by atoms with Gasteiger partial charge >= 0.3 is 0 Å². The Kier molecular flexibility index (Phi) is 6.84. The molecule has 1 aromatic carbocycles. The standard InChI is InChI=1S/C16H23N3O2.ClH/c1-10(2)15(20)19-14-9-12(7-6-11(14)3)18-16(21)13-5-4-8-17-13;/h6-7,9-10,13,17H,4-5,8H2,1-3H3,(H,18,21)(H,19,20);1H/t13-;/m1./s1. The maximum absolute atomic E-state index is 12.1. The zero-order valence-corrected chi connectivity index (χ0v) is 14.0. The first-order valence-electron chi connectivity index (χ1n) is 7.43. The second-order valence-electron chi connectivity index (χ2n) is 5.81. The van der Waals surface area contributed by atoms with E-state index in [1.165, 1.54) is 0 Å². The number of anilines is 2. The van der Waals surface area contributed by atoms with Crippen LogP contribution < -0.4 is 16.0 Å². The van der Waals surface area contributed by atoms with E-state index < -0.39 is 0 Å². The summed E-state index contributed by atoms with van der Waals surface area (Å²) < 4.78 is 0. The van der Waals surface area contributed by atoms with Crippen molar-refractivity contribution in [1.29, 1.82) is 0 Å². The third-order valence-electron chi connectivity index (χ3n) is 3.66. The molecule has 22 heavy (non-hydrogen) atoms. The van der Waals surface area contributed by atoms with E-state index in [9.17, 15) is 9.59 Å². The quantitative estimate of drug-likeness (QED) is 0.797. The molecule has 1 heterocycles. The fraction of sp³-hybridized carbons (Fsp3) is 0.500. The van der Waals surface area contributed by atoms with E-state index in [0.29, 0.717) is 5.69 Å². The molecule has 0 bridgehead atoms. The first-order valence-corrected chi connectivity index (χ1v) is 7.43. The summed E-state index contributed by atoms with van der Waals surface area (Å²) >= 11 is 0. The number of aryl methyl sites for hydroxylation is 1. The Morgan fingerprint density at radius 2 is 2.00 bits per heavy atom. The minimum atomic E-state index is -0.111. The van der Waals surface area contributed by atoms with Crippen molar-refractivity contribution in [2.24, 2.45) is 5.92 Å². The Morgan fingerprint density at radius 3 is 2.59 bits per heavy atom. The molecule has 0 radical (unpaired) electrons. The van der Waals surface area contributed by atoms with Crippen LogP contribution >= 0.6 is 12.4 Å². The normalized spacial score (nSPS) is 17.0. The highest BCUT2D eigenvalue weighted by Crippen LogP contribution is 2.21. The highest BCUT2D eigenvalue weighted by molar-refractivity contribution is 5.97. The summed E-state index contributed by atoms with van der Waals surface area (Å²) in [5.41, 5.74) is 2.42. The monoisotopic (exact) mass is 325 g/mol. The topological polar surface area (TPSA) is 70.2 Å². The van der Waals surface area contributed by atoms with Gasteiger partial charge in [0, 0.05) is 17.3 Å². The number of nitrogens with one attached hydrogen (secondary N) is 3. The first kappa shape index (κ1) is 18.5. The van der Waals surface area contributed by atoms with E-state index >= 15 is 0 Å². The molecule has 0 aliphatic carbocycles. The molecule has 5 nitrogen and oxygen atoms in total. The third-order valence-corrected chi connectivity index (χ3v) is 3.66. The van der Waals surface area contributed by atoms with Crippen LogP contribution in [0, 0.1) is 12.8 Å². The van der Waals surface area contributed by atoms with Crippen molar-refractivity contribution in [2.45, 2.75) is 39.7 Å². The number of amides is 2. The van der Waals surface area contributed by atoms with Gasteiger partial charge in [0.05, 0.1) is 6.04 Å². The van der Waals surface area contributed by atoms with Gasteiger partial charge in [0.25, 0.3) is 0 Å². The molecule has 122 valence electrons. The summed E-state index contributed by atoms with van der Waals surface area (Å²) in [7, 11) is 0. The van der Waals surface area contributed by atoms with Crippen molar-refractivity contribution in [2.75, 3.05) is 17.2 Å². The summed E-state index contributed by atoms with van der Waals surface area (Å²) in [6.45, 7) is 6.52. The Morgan fingerprint density at radius 1 is 1.27 bits per heavy atom. The van der Waals surface area contributed by atoms with Gasteiger partial charge in [-0.15, -0.1) is 12.4 Å². The first-order chi connectivity index (χ1) is 9.97. The molecular weight excluding hydrogens is 302 g/mol. The highest BCUT2D eigenvalue weighted by Gasteiger charge is 2.22. The van der Waals surface area contributed by atoms with Crippen molar-refractivity contribution < 1.29 is 9.59 Å². The van der Waals surface area contributed by atoms with Crippen molar-refractivity contribution in [3.63, 3.8) is 0 Å². The predicted molar refractivity (Wildman–Crippen MR) is 91.5 cm³/mol. The fourth-order valence-electron chi connectivity index (χ4n) is 2.25. The zero-order valence-electron chi connectivity index (χ0n) is 13.2. The molecule has 6 heteroatoms. The van der Waals surface area contributed by atoms with Gasteiger partial charge in [-0.2, -0.15) is 0 Å². The number of rotatable bonds is 4. The van der Waals surface area contributed by atoms with Crippen LogP contribution in [0.15, 0.2) is 18.2 Å². The minimum absolute atomic E-state index is 0. The number of halogens is 1. The van der Waals surface area contributed by atoms with Crippen LogP contribution in [0.3, 0.4) is 0 Å². The van der Waals surface area contributed by atoms with Crippen LogP contribution in [-0.2, 0) is 9.59 Å². The molecule has 0 spiro atoms. The van der Waals surface area contributed by atoms with Crippen LogP contribution in [0.2, 0.25) is 0 Å². The second-order valence-corrected chi connectivity index (χ2v) is 5.81. The molecule has 1 saturated heterocycles. The Balaban J connectivity index is 0.00000242. The van der Waals surface area contributed by atoms with E-state index in [2.05, 4.69) is 16.0 Å². The highest BCUT2D eigenvalue weighted by atomic mass is 35.5. The molecule has 3 N–H and O–H groups in total. The molecule has 1 aromatic rings. The lowest BCUT2D eigenvalue weighted by atomic mass is 10.1. The Bertz CT molecular complexity index is 540. The zero-order chi connectivity index (χ0) is 15.4. The van der Waals surface area contributed by atoms with Gasteiger partial charge in [0.2, 0.25) is 11.8 Å². The molecule has 1 atom stereocenters. The minimum Gasteiger partial charge on any atom is -0.326 e. The van der Waals surface area contributed by atoms with Gasteiger partial charge in [-0.25, -0.2) is 0 Å². The van der Waals surface area contributed by atoms with Crippen molar-refractivity contribution in [3.8, 4) is 0 Å². The van der Waals surface area contributed by atoms with Crippen molar-refractivity contribution >= 4 is 35.6 Å². The summed E-state index contributed by atoms with van der Waals surface area (Å²) in [6, 6.07) is 5.45. The van der Waals surface area contributed by atoms with Gasteiger partial charge in [-0.3, -0.25) is 9.59 Å². The smallest absolute Gasteiger partial charge is 0.241 e. The lowest BCUT2D eigenvalue weighted by molar-refractivity contribution is -0.119. The molecule has 0 aromatic heterocycles. The molecule has 1 aliphatic heterocycles. The lowest BCUT2D eigenvalue weighted by Crippen LogP contribution is -2.35. The van der Waals surface area contributed by atoms with E-state index in [1.54, 1.807) is 0 Å². The number of hydrogen-bond acceptors (Lipinski definition) is 3. The average molecular weight is 326 g/mol. The molecule has 2 rings (SSSR count). The molecule has 1 aliphatic rings.